The molecule has 2 aromatic rings. The van der Waals surface area contributed by atoms with Crippen LogP contribution in [0.15, 0.2) is 42.5 Å². The molecule has 0 aliphatic carbocycles. The van der Waals surface area contributed by atoms with Gasteiger partial charge in [-0.2, -0.15) is 0 Å². The number of urea groups is 1. The number of rotatable bonds is 5. The minimum absolute atomic E-state index is 0.125. The van der Waals surface area contributed by atoms with Crippen LogP contribution in [0.3, 0.4) is 0 Å². The maximum Gasteiger partial charge on any atom is 0.321 e. The van der Waals surface area contributed by atoms with Gasteiger partial charge in [0.05, 0.1) is 0 Å². The molecule has 0 spiro atoms. The fraction of sp³-hybridized carbons (Fsp3) is 0.316. The number of carbonyl (C=O) groups excluding carboxylic acids is 1. The van der Waals surface area contributed by atoms with Crippen LogP contribution in [-0.4, -0.2) is 12.8 Å². The minimum atomic E-state index is -0.285. The van der Waals surface area contributed by atoms with E-state index in [1.54, 1.807) is 0 Å². The van der Waals surface area contributed by atoms with Gasteiger partial charge in [-0.1, -0.05) is 43.7 Å². The van der Waals surface area contributed by atoms with Crippen LogP contribution >= 0.6 is 0 Å². The second-order valence-corrected chi connectivity index (χ2v) is 5.97. The molecule has 0 heterocycles. The molecule has 2 amide bonds. The lowest BCUT2D eigenvalue weighted by Crippen LogP contribution is -2.32. The number of hydrogen-bond donors (Lipinski definition) is 2. The van der Waals surface area contributed by atoms with E-state index in [1.165, 1.54) is 11.1 Å². The molecule has 23 heavy (non-hydrogen) atoms. The molecule has 0 atom stereocenters. The number of hydrogen-bond acceptors (Lipinski definition) is 2. The highest BCUT2D eigenvalue weighted by molar-refractivity contribution is 5.89. The van der Waals surface area contributed by atoms with E-state index in [-0.39, 0.29) is 12.8 Å². The van der Waals surface area contributed by atoms with Crippen LogP contribution in [0.5, 0.6) is 5.75 Å². The molecule has 0 aromatic heterocycles. The summed E-state index contributed by atoms with van der Waals surface area (Å²) in [7, 11) is 0. The summed E-state index contributed by atoms with van der Waals surface area (Å²) in [6.45, 7) is 8.42. The summed E-state index contributed by atoms with van der Waals surface area (Å²) in [5, 5.41) is 5.47. The number of ether oxygens (including phenoxy) is 1. The molecular formula is C19H24N2O2. The van der Waals surface area contributed by atoms with Crippen molar-refractivity contribution in [2.24, 2.45) is 0 Å². The van der Waals surface area contributed by atoms with Gasteiger partial charge in [-0.05, 0) is 49.1 Å². The Morgan fingerprint density at radius 3 is 2.39 bits per heavy atom. The Hall–Kier alpha value is -2.49. The van der Waals surface area contributed by atoms with Gasteiger partial charge in [0.15, 0.2) is 6.73 Å². The van der Waals surface area contributed by atoms with E-state index < -0.39 is 0 Å². The van der Waals surface area contributed by atoms with Crippen molar-refractivity contribution in [2.45, 2.75) is 33.6 Å². The third-order valence-corrected chi connectivity index (χ3v) is 3.63. The van der Waals surface area contributed by atoms with Crippen LogP contribution in [0.1, 0.15) is 36.5 Å². The van der Waals surface area contributed by atoms with Crippen LogP contribution in [0.25, 0.3) is 0 Å². The van der Waals surface area contributed by atoms with E-state index in [9.17, 15) is 4.79 Å². The van der Waals surface area contributed by atoms with Gasteiger partial charge in [-0.3, -0.25) is 0 Å². The lowest BCUT2D eigenvalue weighted by Gasteiger charge is -2.12. The van der Waals surface area contributed by atoms with Gasteiger partial charge in [-0.25, -0.2) is 4.79 Å². The van der Waals surface area contributed by atoms with Crippen LogP contribution in [-0.2, 0) is 0 Å². The molecule has 0 saturated carbocycles. The van der Waals surface area contributed by atoms with Crippen molar-refractivity contribution >= 4 is 11.7 Å². The van der Waals surface area contributed by atoms with Crippen LogP contribution < -0.4 is 15.4 Å². The fourth-order valence-corrected chi connectivity index (χ4v) is 2.27. The number of anilines is 1. The first-order chi connectivity index (χ1) is 11.0. The number of aryl methyl sites for hydroxylation is 2. The van der Waals surface area contributed by atoms with Crippen LogP contribution in [0.2, 0.25) is 0 Å². The Labute approximate surface area is 137 Å². The van der Waals surface area contributed by atoms with E-state index in [0.29, 0.717) is 5.92 Å². The summed E-state index contributed by atoms with van der Waals surface area (Å²) in [6.07, 6.45) is 0. The molecule has 2 aromatic carbocycles. The predicted octanol–water partition coefficient (Wildman–Crippen LogP) is 4.58. The lowest BCUT2D eigenvalue weighted by molar-refractivity contribution is 0.234. The molecule has 122 valence electrons. The van der Waals surface area contributed by atoms with Crippen molar-refractivity contribution in [3.05, 3.63) is 59.2 Å². The van der Waals surface area contributed by atoms with E-state index in [4.69, 9.17) is 4.74 Å². The number of amides is 2. The van der Waals surface area contributed by atoms with E-state index in [2.05, 4.69) is 24.5 Å². The molecule has 2 N–H and O–H groups in total. The average molecular weight is 312 g/mol. The normalized spacial score (nSPS) is 10.5. The van der Waals surface area contributed by atoms with Crippen molar-refractivity contribution in [3.8, 4) is 5.75 Å². The molecule has 0 fully saturated rings. The lowest BCUT2D eigenvalue weighted by atomic mass is 10.0. The minimum Gasteiger partial charge on any atom is -0.473 e. The zero-order valence-corrected chi connectivity index (χ0v) is 14.1. The van der Waals surface area contributed by atoms with Gasteiger partial charge in [-0.15, -0.1) is 0 Å². The molecule has 0 radical (unpaired) electrons. The largest absolute Gasteiger partial charge is 0.473 e. The highest BCUT2D eigenvalue weighted by atomic mass is 16.5. The first-order valence-electron chi connectivity index (χ1n) is 7.80. The number of nitrogens with one attached hydrogen (secondary N) is 2. The van der Waals surface area contributed by atoms with Gasteiger partial charge in [0.2, 0.25) is 0 Å². The summed E-state index contributed by atoms with van der Waals surface area (Å²) >= 11 is 0. The Balaban J connectivity index is 1.80. The average Bonchev–Trinajstić information content (AvgIpc) is 2.50. The Morgan fingerprint density at radius 2 is 1.78 bits per heavy atom. The molecule has 2 rings (SSSR count). The summed E-state index contributed by atoms with van der Waals surface area (Å²) in [5.41, 5.74) is 4.24. The number of benzene rings is 2. The molecule has 0 unspecified atom stereocenters. The maximum absolute atomic E-state index is 11.9. The molecule has 0 aliphatic heterocycles. The second-order valence-electron chi connectivity index (χ2n) is 5.97. The van der Waals surface area contributed by atoms with E-state index >= 15 is 0 Å². The molecule has 4 nitrogen and oxygen atoms in total. The first kappa shape index (κ1) is 16.9. The summed E-state index contributed by atoms with van der Waals surface area (Å²) in [6, 6.07) is 13.5. The maximum atomic E-state index is 11.9. The van der Waals surface area contributed by atoms with Gasteiger partial charge >= 0.3 is 6.03 Å². The number of carbonyl (C=O) groups is 1. The quantitative estimate of drug-likeness (QED) is 0.794. The predicted molar refractivity (Wildman–Crippen MR) is 94.1 cm³/mol. The van der Waals surface area contributed by atoms with Crippen molar-refractivity contribution < 1.29 is 9.53 Å². The van der Waals surface area contributed by atoms with Gasteiger partial charge in [0.1, 0.15) is 5.75 Å². The standard InChI is InChI=1S/C19H24N2O2/c1-13(2)16-6-8-17(9-7-16)21-19(22)20-12-23-18-10-5-14(3)11-15(18)4/h5-11,13H,12H2,1-4H3,(H2,20,21,22). The van der Waals surface area contributed by atoms with Crippen molar-refractivity contribution in [2.75, 3.05) is 12.0 Å². The van der Waals surface area contributed by atoms with Crippen molar-refractivity contribution in [1.82, 2.24) is 5.32 Å². The molecular weight excluding hydrogens is 288 g/mol. The Bertz CT molecular complexity index is 664. The zero-order chi connectivity index (χ0) is 16.8. The summed E-state index contributed by atoms with van der Waals surface area (Å²) in [4.78, 5) is 11.9. The van der Waals surface area contributed by atoms with Crippen LogP contribution in [0, 0.1) is 13.8 Å². The molecule has 0 aliphatic rings. The monoisotopic (exact) mass is 312 g/mol. The zero-order valence-electron chi connectivity index (χ0n) is 14.1. The molecule has 4 heteroatoms. The highest BCUT2D eigenvalue weighted by Crippen LogP contribution is 2.18. The third-order valence-electron chi connectivity index (χ3n) is 3.63. The van der Waals surface area contributed by atoms with Gasteiger partial charge in [0.25, 0.3) is 0 Å². The third kappa shape index (κ3) is 5.02. The van der Waals surface area contributed by atoms with E-state index in [1.807, 2.05) is 56.3 Å². The smallest absolute Gasteiger partial charge is 0.321 e. The van der Waals surface area contributed by atoms with Gasteiger partial charge < -0.3 is 15.4 Å². The van der Waals surface area contributed by atoms with Crippen molar-refractivity contribution in [1.29, 1.82) is 0 Å². The van der Waals surface area contributed by atoms with E-state index in [0.717, 1.165) is 17.0 Å². The van der Waals surface area contributed by atoms with Gasteiger partial charge in [0, 0.05) is 5.69 Å². The summed E-state index contributed by atoms with van der Waals surface area (Å²) < 4.78 is 5.58. The molecule has 0 bridgehead atoms. The highest BCUT2D eigenvalue weighted by Gasteiger charge is 2.04. The first-order valence-corrected chi connectivity index (χ1v) is 7.80. The van der Waals surface area contributed by atoms with Crippen molar-refractivity contribution in [3.63, 3.8) is 0 Å². The Morgan fingerprint density at radius 1 is 1.09 bits per heavy atom. The fourth-order valence-electron chi connectivity index (χ4n) is 2.27. The summed E-state index contributed by atoms with van der Waals surface area (Å²) in [5.74, 6) is 1.25. The molecule has 0 saturated heterocycles. The topological polar surface area (TPSA) is 50.4 Å². The second kappa shape index (κ2) is 7.68. The SMILES string of the molecule is Cc1ccc(OCNC(=O)Nc2ccc(C(C)C)cc2)c(C)c1. The van der Waals surface area contributed by atoms with Crippen LogP contribution in [0.4, 0.5) is 10.5 Å². The Kier molecular flexibility index (Phi) is 5.63.